The van der Waals surface area contributed by atoms with Gasteiger partial charge in [-0.1, -0.05) is 23.7 Å². The predicted molar refractivity (Wildman–Crippen MR) is 51.0 cm³/mol. The van der Waals surface area contributed by atoms with Gasteiger partial charge >= 0.3 is 0 Å². The summed E-state index contributed by atoms with van der Waals surface area (Å²) < 4.78 is 0. The fourth-order valence-electron chi connectivity index (χ4n) is 1.09. The van der Waals surface area contributed by atoms with Crippen LogP contribution >= 0.6 is 11.6 Å². The highest BCUT2D eigenvalue weighted by atomic mass is 35.5. The smallest absolute Gasteiger partial charge is 0.291 e. The largest absolute Gasteiger partial charge is 0.369 e. The number of carbonyl (C=O) groups is 1. The molecule has 74 valence electrons. The first-order valence-electron chi connectivity index (χ1n) is 3.72. The van der Waals surface area contributed by atoms with Crippen LogP contribution in [-0.2, 0) is 11.2 Å². The average Bonchev–Trinajstić information content (AvgIpc) is 2.01. The lowest BCUT2D eigenvalue weighted by Gasteiger charge is -2.01. The minimum absolute atomic E-state index is 0.00810. The number of benzene rings is 1. The van der Waals surface area contributed by atoms with Crippen LogP contribution in [0, 0.1) is 10.1 Å². The van der Waals surface area contributed by atoms with Crippen molar-refractivity contribution in [1.29, 1.82) is 0 Å². The summed E-state index contributed by atoms with van der Waals surface area (Å²) in [5, 5.41) is 10.6. The summed E-state index contributed by atoms with van der Waals surface area (Å²) >= 11 is 5.61. The molecule has 1 aromatic rings. The molecule has 6 heteroatoms. The number of carbonyl (C=O) groups excluding carboxylic acids is 1. The zero-order chi connectivity index (χ0) is 10.7. The summed E-state index contributed by atoms with van der Waals surface area (Å²) in [6.45, 7) is 0. The van der Waals surface area contributed by atoms with Gasteiger partial charge in [0.15, 0.2) is 0 Å². The molecule has 14 heavy (non-hydrogen) atoms. The molecule has 0 unspecified atom stereocenters. The fraction of sp³-hybridized carbons (Fsp3) is 0.125. The van der Waals surface area contributed by atoms with Gasteiger partial charge in [-0.05, 0) is 6.07 Å². The van der Waals surface area contributed by atoms with E-state index in [2.05, 4.69) is 0 Å². The Bertz CT molecular complexity index is 392. The highest BCUT2D eigenvalue weighted by molar-refractivity contribution is 6.32. The maximum absolute atomic E-state index is 10.6. The second-order valence-electron chi connectivity index (χ2n) is 2.65. The van der Waals surface area contributed by atoms with E-state index < -0.39 is 10.8 Å². The van der Waals surface area contributed by atoms with E-state index in [0.717, 1.165) is 0 Å². The van der Waals surface area contributed by atoms with Gasteiger partial charge in [0.05, 0.1) is 11.3 Å². The number of nitro groups is 1. The van der Waals surface area contributed by atoms with E-state index in [9.17, 15) is 14.9 Å². The minimum atomic E-state index is -0.629. The average molecular weight is 215 g/mol. The molecule has 1 amide bonds. The Morgan fingerprint density at radius 1 is 1.57 bits per heavy atom. The first-order chi connectivity index (χ1) is 6.52. The van der Waals surface area contributed by atoms with E-state index in [1.807, 2.05) is 0 Å². The minimum Gasteiger partial charge on any atom is -0.369 e. The molecule has 0 aliphatic heterocycles. The summed E-state index contributed by atoms with van der Waals surface area (Å²) in [4.78, 5) is 20.6. The van der Waals surface area contributed by atoms with Crippen LogP contribution < -0.4 is 5.73 Å². The van der Waals surface area contributed by atoms with Crippen molar-refractivity contribution >= 4 is 23.2 Å². The molecule has 0 fully saturated rings. The van der Waals surface area contributed by atoms with Crippen molar-refractivity contribution in [3.8, 4) is 0 Å². The SMILES string of the molecule is NC(=O)Cc1cccc(Cl)c1[N+](=O)[O-]. The first-order valence-corrected chi connectivity index (χ1v) is 4.10. The molecule has 0 bridgehead atoms. The van der Waals surface area contributed by atoms with Gasteiger partial charge in [-0.2, -0.15) is 0 Å². The number of halogens is 1. The molecule has 5 nitrogen and oxygen atoms in total. The number of para-hydroxylation sites is 1. The van der Waals surface area contributed by atoms with Crippen LogP contribution in [0.4, 0.5) is 5.69 Å². The number of hydrogen-bond donors (Lipinski definition) is 1. The van der Waals surface area contributed by atoms with Crippen LogP contribution in [-0.4, -0.2) is 10.8 Å². The maximum atomic E-state index is 10.6. The van der Waals surface area contributed by atoms with E-state index >= 15 is 0 Å². The van der Waals surface area contributed by atoms with Crippen molar-refractivity contribution in [2.24, 2.45) is 5.73 Å². The number of nitrogens with zero attached hydrogens (tertiary/aromatic N) is 1. The van der Waals surface area contributed by atoms with Gasteiger partial charge in [-0.25, -0.2) is 0 Å². The molecular formula is C8H7ClN2O3. The van der Waals surface area contributed by atoms with Crippen LogP contribution in [0.3, 0.4) is 0 Å². The third kappa shape index (κ3) is 2.20. The second-order valence-corrected chi connectivity index (χ2v) is 3.05. The Morgan fingerprint density at radius 2 is 2.21 bits per heavy atom. The Balaban J connectivity index is 3.21. The highest BCUT2D eigenvalue weighted by Gasteiger charge is 2.18. The predicted octanol–water partition coefficient (Wildman–Crippen LogP) is 1.28. The maximum Gasteiger partial charge on any atom is 0.291 e. The molecule has 0 aliphatic rings. The van der Waals surface area contributed by atoms with E-state index in [-0.39, 0.29) is 22.7 Å². The van der Waals surface area contributed by atoms with E-state index in [1.165, 1.54) is 18.2 Å². The van der Waals surface area contributed by atoms with Crippen LogP contribution in [0.1, 0.15) is 5.56 Å². The number of primary amides is 1. The number of amides is 1. The number of hydrogen-bond acceptors (Lipinski definition) is 3. The van der Waals surface area contributed by atoms with Gasteiger partial charge in [0, 0.05) is 5.56 Å². The molecule has 0 spiro atoms. The van der Waals surface area contributed by atoms with Gasteiger partial charge < -0.3 is 5.73 Å². The van der Waals surface area contributed by atoms with Gasteiger partial charge in [-0.15, -0.1) is 0 Å². The second kappa shape index (κ2) is 4.06. The monoisotopic (exact) mass is 214 g/mol. The van der Waals surface area contributed by atoms with Crippen LogP contribution in [0.5, 0.6) is 0 Å². The molecule has 1 rings (SSSR count). The quantitative estimate of drug-likeness (QED) is 0.607. The van der Waals surface area contributed by atoms with Crippen molar-refractivity contribution in [1.82, 2.24) is 0 Å². The summed E-state index contributed by atoms with van der Waals surface area (Å²) in [7, 11) is 0. The van der Waals surface area contributed by atoms with E-state index in [0.29, 0.717) is 0 Å². The normalized spacial score (nSPS) is 9.79. The highest BCUT2D eigenvalue weighted by Crippen LogP contribution is 2.28. The van der Waals surface area contributed by atoms with Crippen molar-refractivity contribution < 1.29 is 9.72 Å². The lowest BCUT2D eigenvalue weighted by Crippen LogP contribution is -2.14. The van der Waals surface area contributed by atoms with Crippen molar-refractivity contribution in [3.05, 3.63) is 38.9 Å². The topological polar surface area (TPSA) is 86.2 Å². The molecule has 0 heterocycles. The molecule has 0 radical (unpaired) electrons. The van der Waals surface area contributed by atoms with Crippen LogP contribution in [0.25, 0.3) is 0 Å². The Hall–Kier alpha value is -1.62. The van der Waals surface area contributed by atoms with Crippen molar-refractivity contribution in [2.75, 3.05) is 0 Å². The van der Waals surface area contributed by atoms with E-state index in [1.54, 1.807) is 0 Å². The van der Waals surface area contributed by atoms with Gasteiger partial charge in [-0.3, -0.25) is 14.9 Å². The van der Waals surface area contributed by atoms with E-state index in [4.69, 9.17) is 17.3 Å². The number of nitro benzene ring substituents is 1. The molecule has 1 aromatic carbocycles. The third-order valence-electron chi connectivity index (χ3n) is 1.62. The summed E-state index contributed by atoms with van der Waals surface area (Å²) in [5.41, 5.74) is 4.91. The van der Waals surface area contributed by atoms with Gasteiger partial charge in [0.2, 0.25) is 5.91 Å². The summed E-state index contributed by atoms with van der Waals surface area (Å²) in [6, 6.07) is 4.38. The third-order valence-corrected chi connectivity index (χ3v) is 1.92. The lowest BCUT2D eigenvalue weighted by atomic mass is 10.1. The Kier molecular flexibility index (Phi) is 3.03. The molecule has 0 atom stereocenters. The molecule has 0 aliphatic carbocycles. The van der Waals surface area contributed by atoms with Crippen molar-refractivity contribution in [2.45, 2.75) is 6.42 Å². The summed E-state index contributed by atoms with van der Waals surface area (Å²) in [5.74, 6) is -0.629. The van der Waals surface area contributed by atoms with Gasteiger partial charge in [0.25, 0.3) is 5.69 Å². The van der Waals surface area contributed by atoms with Crippen LogP contribution in [0.2, 0.25) is 5.02 Å². The van der Waals surface area contributed by atoms with Crippen molar-refractivity contribution in [3.63, 3.8) is 0 Å². The van der Waals surface area contributed by atoms with Crippen LogP contribution in [0.15, 0.2) is 18.2 Å². The lowest BCUT2D eigenvalue weighted by molar-refractivity contribution is -0.385. The Morgan fingerprint density at radius 3 is 2.71 bits per heavy atom. The molecule has 0 aromatic heterocycles. The standard InChI is InChI=1S/C8H7ClN2O3/c9-6-3-1-2-5(4-7(10)12)8(6)11(13)14/h1-3H,4H2,(H2,10,12). The molecule has 2 N–H and O–H groups in total. The molecule has 0 saturated carbocycles. The zero-order valence-electron chi connectivity index (χ0n) is 7.07. The fourth-order valence-corrected chi connectivity index (χ4v) is 1.36. The number of nitrogens with two attached hydrogens (primary N) is 1. The Labute approximate surface area is 84.6 Å². The zero-order valence-corrected chi connectivity index (χ0v) is 7.82. The molecular weight excluding hydrogens is 208 g/mol. The van der Waals surface area contributed by atoms with Gasteiger partial charge in [0.1, 0.15) is 5.02 Å². The molecule has 0 saturated heterocycles. The first kappa shape index (κ1) is 10.5. The summed E-state index contributed by atoms with van der Waals surface area (Å²) in [6.07, 6.45) is -0.184. The number of rotatable bonds is 3.